The Hall–Kier alpha value is -0.250. The number of halogens is 3. The molecule has 88 valence electrons. The highest BCUT2D eigenvalue weighted by Gasteiger charge is 2.14. The minimum absolute atomic E-state index is 0.0649. The smallest absolute Gasteiger partial charge is 0.253 e. The fraction of sp³-hybridized carbons (Fsp3) is 0.364. The second kappa shape index (κ2) is 5.89. The van der Waals surface area contributed by atoms with Crippen LogP contribution < -0.4 is 0 Å². The summed E-state index contributed by atoms with van der Waals surface area (Å²) >= 11 is 15.0. The molecule has 0 radical (unpaired) electrons. The molecule has 1 rings (SSSR count). The van der Waals surface area contributed by atoms with Crippen molar-refractivity contribution < 1.29 is 4.79 Å². The van der Waals surface area contributed by atoms with Gasteiger partial charge in [0.15, 0.2) is 0 Å². The molecule has 0 bridgehead atoms. The van der Waals surface area contributed by atoms with Crippen LogP contribution in [0.5, 0.6) is 0 Å². The largest absolute Gasteiger partial charge is 0.340 e. The van der Waals surface area contributed by atoms with Crippen LogP contribution in [0.25, 0.3) is 0 Å². The molecule has 2 nitrogen and oxygen atoms in total. The van der Waals surface area contributed by atoms with Crippen LogP contribution in [0.3, 0.4) is 0 Å². The van der Waals surface area contributed by atoms with Crippen molar-refractivity contribution in [3.63, 3.8) is 0 Å². The maximum Gasteiger partial charge on any atom is 0.253 e. The van der Waals surface area contributed by atoms with Gasteiger partial charge in [0.05, 0.1) is 5.02 Å². The Kier molecular flexibility index (Phi) is 5.09. The van der Waals surface area contributed by atoms with Gasteiger partial charge in [-0.15, -0.1) is 11.6 Å². The third-order valence-corrected chi connectivity index (χ3v) is 3.39. The fourth-order valence-corrected chi connectivity index (χ4v) is 2.01. The standard InChI is InChI=1S/C11H12BrCl2NO/c1-7(13)6-15(2)11(16)8-3-4-10(14)9(12)5-8/h3-5,7H,6H2,1-2H3. The Morgan fingerprint density at radius 2 is 2.19 bits per heavy atom. The second-order valence-corrected chi connectivity index (χ2v) is 5.60. The lowest BCUT2D eigenvalue weighted by Crippen LogP contribution is -2.31. The summed E-state index contributed by atoms with van der Waals surface area (Å²) in [6, 6.07) is 5.10. The molecule has 0 saturated heterocycles. The summed E-state index contributed by atoms with van der Waals surface area (Å²) in [7, 11) is 1.73. The van der Waals surface area contributed by atoms with Crippen molar-refractivity contribution in [2.24, 2.45) is 0 Å². The average molecular weight is 325 g/mol. The predicted octanol–water partition coefficient (Wildman–Crippen LogP) is 3.80. The monoisotopic (exact) mass is 323 g/mol. The minimum atomic E-state index is -0.0651. The third-order valence-electron chi connectivity index (χ3n) is 2.04. The Bertz CT molecular complexity index is 396. The first-order valence-electron chi connectivity index (χ1n) is 4.76. The maximum atomic E-state index is 11.9. The molecule has 0 fully saturated rings. The number of rotatable bonds is 3. The molecule has 0 aliphatic heterocycles. The van der Waals surface area contributed by atoms with Crippen LogP contribution in [0.4, 0.5) is 0 Å². The van der Waals surface area contributed by atoms with Gasteiger partial charge in [-0.1, -0.05) is 11.6 Å². The average Bonchev–Trinajstić information content (AvgIpc) is 2.20. The Labute approximate surface area is 114 Å². The van der Waals surface area contributed by atoms with Crippen LogP contribution in [0, 0.1) is 0 Å². The summed E-state index contributed by atoms with van der Waals surface area (Å²) in [4.78, 5) is 13.5. The van der Waals surface area contributed by atoms with Crippen molar-refractivity contribution >= 4 is 45.0 Å². The predicted molar refractivity (Wildman–Crippen MR) is 71.4 cm³/mol. The van der Waals surface area contributed by atoms with Crippen LogP contribution in [-0.2, 0) is 0 Å². The summed E-state index contributed by atoms with van der Waals surface area (Å²) in [6.45, 7) is 2.36. The molecule has 1 amide bonds. The third kappa shape index (κ3) is 3.65. The maximum absolute atomic E-state index is 11.9. The van der Waals surface area contributed by atoms with Gasteiger partial charge in [-0.05, 0) is 41.1 Å². The summed E-state index contributed by atoms with van der Waals surface area (Å²) in [5.41, 5.74) is 0.594. The summed E-state index contributed by atoms with van der Waals surface area (Å²) in [6.07, 6.45) is 0. The van der Waals surface area contributed by atoms with Gasteiger partial charge in [0.2, 0.25) is 0 Å². The van der Waals surface area contributed by atoms with Gasteiger partial charge >= 0.3 is 0 Å². The van der Waals surface area contributed by atoms with Crippen molar-refractivity contribution in [1.82, 2.24) is 4.90 Å². The topological polar surface area (TPSA) is 20.3 Å². The van der Waals surface area contributed by atoms with Gasteiger partial charge < -0.3 is 4.90 Å². The SMILES string of the molecule is CC(Cl)CN(C)C(=O)c1ccc(Cl)c(Br)c1. The number of hydrogen-bond acceptors (Lipinski definition) is 1. The molecule has 0 spiro atoms. The first-order valence-corrected chi connectivity index (χ1v) is 6.37. The number of nitrogens with zero attached hydrogens (tertiary/aromatic N) is 1. The van der Waals surface area contributed by atoms with Gasteiger partial charge in [0.25, 0.3) is 5.91 Å². The van der Waals surface area contributed by atoms with Gasteiger partial charge in [-0.25, -0.2) is 0 Å². The van der Waals surface area contributed by atoms with E-state index in [2.05, 4.69) is 15.9 Å². The molecule has 0 aromatic heterocycles. The molecule has 1 aromatic carbocycles. The number of carbonyl (C=O) groups excluding carboxylic acids is 1. The van der Waals surface area contributed by atoms with E-state index in [1.54, 1.807) is 30.1 Å². The van der Waals surface area contributed by atoms with E-state index in [0.717, 1.165) is 0 Å². The van der Waals surface area contributed by atoms with Gasteiger partial charge in [0.1, 0.15) is 0 Å². The van der Waals surface area contributed by atoms with Crippen LogP contribution in [0.15, 0.2) is 22.7 Å². The highest BCUT2D eigenvalue weighted by Crippen LogP contribution is 2.23. The highest BCUT2D eigenvalue weighted by molar-refractivity contribution is 9.10. The lowest BCUT2D eigenvalue weighted by molar-refractivity contribution is 0.0796. The Balaban J connectivity index is 2.84. The zero-order valence-electron chi connectivity index (χ0n) is 9.01. The number of alkyl halides is 1. The number of hydrogen-bond donors (Lipinski definition) is 0. The second-order valence-electron chi connectivity index (χ2n) is 3.60. The molecule has 0 saturated carbocycles. The van der Waals surface area contributed by atoms with Crippen molar-refractivity contribution in [3.05, 3.63) is 33.3 Å². The van der Waals surface area contributed by atoms with Crippen molar-refractivity contribution in [2.75, 3.05) is 13.6 Å². The molecule has 1 unspecified atom stereocenters. The first kappa shape index (κ1) is 13.8. The van der Waals surface area contributed by atoms with E-state index in [4.69, 9.17) is 23.2 Å². The van der Waals surface area contributed by atoms with Crippen LogP contribution in [0.1, 0.15) is 17.3 Å². The lowest BCUT2D eigenvalue weighted by atomic mass is 10.2. The zero-order valence-corrected chi connectivity index (χ0v) is 12.1. The quantitative estimate of drug-likeness (QED) is 0.774. The number of carbonyl (C=O) groups is 1. The summed E-state index contributed by atoms with van der Waals surface area (Å²) in [5.74, 6) is -0.0649. The molecular weight excluding hydrogens is 313 g/mol. The van der Waals surface area contributed by atoms with Crippen LogP contribution in [-0.4, -0.2) is 29.8 Å². The van der Waals surface area contributed by atoms with E-state index in [1.165, 1.54) is 0 Å². The fourth-order valence-electron chi connectivity index (χ4n) is 1.31. The van der Waals surface area contributed by atoms with Crippen LogP contribution in [0.2, 0.25) is 5.02 Å². The number of benzene rings is 1. The molecule has 1 aromatic rings. The Morgan fingerprint density at radius 3 is 2.69 bits per heavy atom. The lowest BCUT2D eigenvalue weighted by Gasteiger charge is -2.18. The minimum Gasteiger partial charge on any atom is -0.340 e. The molecule has 1 atom stereocenters. The van der Waals surface area contributed by atoms with E-state index in [0.29, 0.717) is 21.6 Å². The molecule has 0 aliphatic rings. The molecule has 5 heteroatoms. The van der Waals surface area contributed by atoms with E-state index < -0.39 is 0 Å². The zero-order chi connectivity index (χ0) is 12.3. The highest BCUT2D eigenvalue weighted by atomic mass is 79.9. The molecular formula is C11H12BrCl2NO. The molecule has 0 aliphatic carbocycles. The number of amides is 1. The van der Waals surface area contributed by atoms with E-state index in [9.17, 15) is 4.79 Å². The van der Waals surface area contributed by atoms with Crippen molar-refractivity contribution in [2.45, 2.75) is 12.3 Å². The van der Waals surface area contributed by atoms with Gasteiger partial charge in [0, 0.05) is 29.0 Å². The van der Waals surface area contributed by atoms with E-state index in [1.807, 2.05) is 6.92 Å². The van der Waals surface area contributed by atoms with Crippen molar-refractivity contribution in [1.29, 1.82) is 0 Å². The van der Waals surface area contributed by atoms with E-state index >= 15 is 0 Å². The molecule has 0 heterocycles. The van der Waals surface area contributed by atoms with Gasteiger partial charge in [-0.3, -0.25) is 4.79 Å². The van der Waals surface area contributed by atoms with Gasteiger partial charge in [-0.2, -0.15) is 0 Å². The summed E-state index contributed by atoms with van der Waals surface area (Å²) < 4.78 is 0.715. The first-order chi connectivity index (χ1) is 7.41. The van der Waals surface area contributed by atoms with Crippen LogP contribution >= 0.6 is 39.1 Å². The molecule has 0 N–H and O–H groups in total. The Morgan fingerprint density at radius 1 is 1.56 bits per heavy atom. The van der Waals surface area contributed by atoms with E-state index in [-0.39, 0.29) is 11.3 Å². The summed E-state index contributed by atoms with van der Waals surface area (Å²) in [5, 5.41) is 0.523. The normalized spacial score (nSPS) is 12.3. The van der Waals surface area contributed by atoms with Crippen molar-refractivity contribution in [3.8, 4) is 0 Å². The molecule has 16 heavy (non-hydrogen) atoms.